The Bertz CT molecular complexity index is 356. The molecular weight excluding hydrogens is 194 g/mol. The van der Waals surface area contributed by atoms with Gasteiger partial charge in [-0.15, -0.1) is 0 Å². The summed E-state index contributed by atoms with van der Waals surface area (Å²) in [5, 5.41) is 3.72. The molecule has 2 rings (SSSR count). The summed E-state index contributed by atoms with van der Waals surface area (Å²) in [6.45, 7) is 7.96. The maximum Gasteiger partial charge on any atom is 0.0326 e. The van der Waals surface area contributed by atoms with Crippen molar-refractivity contribution in [1.82, 2.24) is 5.32 Å². The minimum Gasteiger partial charge on any atom is -0.310 e. The molecule has 0 spiro atoms. The van der Waals surface area contributed by atoms with Crippen LogP contribution < -0.4 is 5.32 Å². The van der Waals surface area contributed by atoms with Crippen LogP contribution in [-0.2, 0) is 6.42 Å². The zero-order chi connectivity index (χ0) is 11.5. The summed E-state index contributed by atoms with van der Waals surface area (Å²) in [6.07, 6.45) is 3.79. The summed E-state index contributed by atoms with van der Waals surface area (Å²) >= 11 is 0. The van der Waals surface area contributed by atoms with Crippen LogP contribution in [0.15, 0.2) is 18.2 Å². The predicted octanol–water partition coefficient (Wildman–Crippen LogP) is 3.62. The third-order valence-corrected chi connectivity index (χ3v) is 3.91. The first-order valence-electron chi connectivity index (χ1n) is 6.54. The van der Waals surface area contributed by atoms with Crippen molar-refractivity contribution in [2.75, 3.05) is 6.54 Å². The van der Waals surface area contributed by atoms with E-state index in [4.69, 9.17) is 0 Å². The van der Waals surface area contributed by atoms with Gasteiger partial charge in [-0.1, -0.05) is 38.5 Å². The van der Waals surface area contributed by atoms with Crippen molar-refractivity contribution < 1.29 is 0 Å². The lowest BCUT2D eigenvalue weighted by atomic mass is 10.0. The first-order valence-corrected chi connectivity index (χ1v) is 6.54. The third kappa shape index (κ3) is 2.30. The number of aryl methyl sites for hydroxylation is 1. The molecule has 2 atom stereocenters. The number of fused-ring (bicyclic) bond motifs is 1. The number of rotatable bonds is 4. The molecule has 0 radical (unpaired) electrons. The number of hydrogen-bond donors (Lipinski definition) is 1. The molecule has 88 valence electrons. The number of nitrogens with one attached hydrogen (secondary N) is 1. The van der Waals surface area contributed by atoms with Gasteiger partial charge in [-0.3, -0.25) is 0 Å². The maximum atomic E-state index is 3.72. The number of benzene rings is 1. The molecule has 0 aromatic heterocycles. The molecule has 1 nitrogen and oxygen atoms in total. The highest BCUT2D eigenvalue weighted by atomic mass is 14.9. The Balaban J connectivity index is 2.03. The minimum atomic E-state index is 0.601. The first-order chi connectivity index (χ1) is 7.72. The molecule has 0 amide bonds. The second-order valence-corrected chi connectivity index (χ2v) is 5.16. The average Bonchev–Trinajstić information content (AvgIpc) is 2.70. The van der Waals surface area contributed by atoms with Gasteiger partial charge in [0, 0.05) is 6.04 Å². The summed E-state index contributed by atoms with van der Waals surface area (Å²) in [5.74, 6) is 0.786. The van der Waals surface area contributed by atoms with Crippen molar-refractivity contribution in [3.8, 4) is 0 Å². The van der Waals surface area contributed by atoms with Crippen molar-refractivity contribution in [1.29, 1.82) is 0 Å². The van der Waals surface area contributed by atoms with Crippen LogP contribution in [0.1, 0.15) is 49.4 Å². The zero-order valence-corrected chi connectivity index (χ0v) is 10.7. The molecular formula is C15H23N. The molecule has 1 aromatic rings. The van der Waals surface area contributed by atoms with Crippen LogP contribution in [0, 0.1) is 12.8 Å². The molecule has 0 saturated carbocycles. The van der Waals surface area contributed by atoms with Crippen molar-refractivity contribution in [2.24, 2.45) is 5.92 Å². The monoisotopic (exact) mass is 217 g/mol. The van der Waals surface area contributed by atoms with Gasteiger partial charge in [0.1, 0.15) is 0 Å². The van der Waals surface area contributed by atoms with E-state index in [9.17, 15) is 0 Å². The molecule has 1 aromatic carbocycles. The Hall–Kier alpha value is -0.820. The third-order valence-electron chi connectivity index (χ3n) is 3.91. The van der Waals surface area contributed by atoms with Crippen molar-refractivity contribution in [3.05, 3.63) is 34.9 Å². The molecule has 1 heteroatoms. The number of hydrogen-bond acceptors (Lipinski definition) is 1. The van der Waals surface area contributed by atoms with Crippen molar-refractivity contribution in [2.45, 2.75) is 46.1 Å². The Morgan fingerprint density at radius 3 is 3.00 bits per heavy atom. The second kappa shape index (κ2) is 5.01. The molecule has 16 heavy (non-hydrogen) atoms. The highest BCUT2D eigenvalue weighted by Crippen LogP contribution is 2.32. The molecule has 2 unspecified atom stereocenters. The lowest BCUT2D eigenvalue weighted by Gasteiger charge is -2.17. The van der Waals surface area contributed by atoms with Gasteiger partial charge in [-0.05, 0) is 48.9 Å². The largest absolute Gasteiger partial charge is 0.310 e. The van der Waals surface area contributed by atoms with Gasteiger partial charge in [0.05, 0.1) is 0 Å². The summed E-state index contributed by atoms with van der Waals surface area (Å²) in [6, 6.07) is 7.32. The van der Waals surface area contributed by atoms with E-state index in [1.54, 1.807) is 11.1 Å². The van der Waals surface area contributed by atoms with Gasteiger partial charge < -0.3 is 5.32 Å². The van der Waals surface area contributed by atoms with Gasteiger partial charge in [0.25, 0.3) is 0 Å². The van der Waals surface area contributed by atoms with E-state index < -0.39 is 0 Å². The van der Waals surface area contributed by atoms with Gasteiger partial charge in [0.2, 0.25) is 0 Å². The summed E-state index contributed by atoms with van der Waals surface area (Å²) < 4.78 is 0. The van der Waals surface area contributed by atoms with Crippen molar-refractivity contribution >= 4 is 0 Å². The Morgan fingerprint density at radius 2 is 2.25 bits per heavy atom. The molecule has 0 aliphatic heterocycles. The Labute approximate surface area is 99.3 Å². The van der Waals surface area contributed by atoms with E-state index in [0.717, 1.165) is 12.5 Å². The van der Waals surface area contributed by atoms with Crippen LogP contribution in [0.2, 0.25) is 0 Å². The molecule has 0 bridgehead atoms. The standard InChI is InChI=1S/C15H23N/c1-4-11(2)10-16-15-9-8-13-12(3)6-5-7-14(13)15/h5-7,11,15-16H,4,8-10H2,1-3H3. The summed E-state index contributed by atoms with van der Waals surface area (Å²) in [5.41, 5.74) is 4.60. The van der Waals surface area contributed by atoms with E-state index in [1.807, 2.05) is 0 Å². The van der Waals surface area contributed by atoms with Crippen LogP contribution in [0.5, 0.6) is 0 Å². The van der Waals surface area contributed by atoms with Crippen LogP contribution in [0.4, 0.5) is 0 Å². The van der Waals surface area contributed by atoms with E-state index >= 15 is 0 Å². The quantitative estimate of drug-likeness (QED) is 0.812. The van der Waals surface area contributed by atoms with Crippen LogP contribution >= 0.6 is 0 Å². The van der Waals surface area contributed by atoms with Gasteiger partial charge in [-0.25, -0.2) is 0 Å². The average molecular weight is 217 g/mol. The van der Waals surface area contributed by atoms with Crippen LogP contribution in [-0.4, -0.2) is 6.54 Å². The molecule has 1 aliphatic rings. The molecule has 1 aliphatic carbocycles. The Morgan fingerprint density at radius 1 is 1.44 bits per heavy atom. The smallest absolute Gasteiger partial charge is 0.0326 e. The normalized spacial score (nSPS) is 20.8. The van der Waals surface area contributed by atoms with Crippen LogP contribution in [0.3, 0.4) is 0 Å². The molecule has 0 heterocycles. The zero-order valence-electron chi connectivity index (χ0n) is 10.7. The molecule has 0 fully saturated rings. The topological polar surface area (TPSA) is 12.0 Å². The fourth-order valence-corrected chi connectivity index (χ4v) is 2.54. The second-order valence-electron chi connectivity index (χ2n) is 5.16. The molecule has 1 N–H and O–H groups in total. The lowest BCUT2D eigenvalue weighted by molar-refractivity contribution is 0.443. The van der Waals surface area contributed by atoms with Gasteiger partial charge in [-0.2, -0.15) is 0 Å². The highest BCUT2D eigenvalue weighted by molar-refractivity contribution is 5.40. The van der Waals surface area contributed by atoms with Gasteiger partial charge >= 0.3 is 0 Å². The summed E-state index contributed by atoms with van der Waals surface area (Å²) in [4.78, 5) is 0. The fraction of sp³-hybridized carbons (Fsp3) is 0.600. The minimum absolute atomic E-state index is 0.601. The first kappa shape index (κ1) is 11.7. The van der Waals surface area contributed by atoms with Crippen molar-refractivity contribution in [3.63, 3.8) is 0 Å². The highest BCUT2D eigenvalue weighted by Gasteiger charge is 2.22. The SMILES string of the molecule is CCC(C)CNC1CCc2c(C)cccc21. The fourth-order valence-electron chi connectivity index (χ4n) is 2.54. The van der Waals surface area contributed by atoms with E-state index in [2.05, 4.69) is 44.3 Å². The van der Waals surface area contributed by atoms with Crippen LogP contribution in [0.25, 0.3) is 0 Å². The maximum absolute atomic E-state index is 3.72. The molecule has 0 saturated heterocycles. The van der Waals surface area contributed by atoms with E-state index in [1.165, 1.54) is 24.8 Å². The summed E-state index contributed by atoms with van der Waals surface area (Å²) in [7, 11) is 0. The predicted molar refractivity (Wildman–Crippen MR) is 69.7 cm³/mol. The van der Waals surface area contributed by atoms with E-state index in [0.29, 0.717) is 6.04 Å². The van der Waals surface area contributed by atoms with Gasteiger partial charge in [0.15, 0.2) is 0 Å². The Kier molecular flexibility index (Phi) is 3.65. The van der Waals surface area contributed by atoms with E-state index in [-0.39, 0.29) is 0 Å². The lowest BCUT2D eigenvalue weighted by Crippen LogP contribution is -2.24.